The van der Waals surface area contributed by atoms with Crippen LogP contribution in [0.5, 0.6) is 0 Å². The van der Waals surface area contributed by atoms with Crippen molar-refractivity contribution in [1.82, 2.24) is 9.80 Å². The Morgan fingerprint density at radius 3 is 2.19 bits per heavy atom. The molecule has 1 aliphatic rings. The van der Waals surface area contributed by atoms with E-state index in [9.17, 15) is 18.4 Å². The maximum absolute atomic E-state index is 14.0. The first-order valence-corrected chi connectivity index (χ1v) is 8.63. The number of halogens is 3. The van der Waals surface area contributed by atoms with Gasteiger partial charge < -0.3 is 9.80 Å². The highest BCUT2D eigenvalue weighted by Crippen LogP contribution is 2.22. The molecular weight excluding hydrogens is 362 g/mol. The third-order valence-corrected chi connectivity index (χ3v) is 4.63. The van der Waals surface area contributed by atoms with Gasteiger partial charge in [-0.3, -0.25) is 9.59 Å². The summed E-state index contributed by atoms with van der Waals surface area (Å²) in [5.41, 5.74) is 0.112. The zero-order valence-corrected chi connectivity index (χ0v) is 14.7. The van der Waals surface area contributed by atoms with E-state index in [1.807, 2.05) is 0 Å². The van der Waals surface area contributed by atoms with Gasteiger partial charge in [0.15, 0.2) is 0 Å². The van der Waals surface area contributed by atoms with Crippen LogP contribution in [0.4, 0.5) is 8.78 Å². The molecule has 136 valence electrons. The van der Waals surface area contributed by atoms with E-state index in [0.29, 0.717) is 19.5 Å². The average molecular weight is 379 g/mol. The highest BCUT2D eigenvalue weighted by molar-refractivity contribution is 6.33. The van der Waals surface area contributed by atoms with Gasteiger partial charge >= 0.3 is 0 Å². The molecule has 0 aromatic heterocycles. The summed E-state index contributed by atoms with van der Waals surface area (Å²) in [6, 6.07) is 9.60. The van der Waals surface area contributed by atoms with Gasteiger partial charge in [-0.15, -0.1) is 0 Å². The van der Waals surface area contributed by atoms with Crippen molar-refractivity contribution in [3.8, 4) is 0 Å². The van der Waals surface area contributed by atoms with Gasteiger partial charge in [-0.05, 0) is 36.8 Å². The monoisotopic (exact) mass is 378 g/mol. The molecule has 26 heavy (non-hydrogen) atoms. The fourth-order valence-electron chi connectivity index (χ4n) is 2.99. The highest BCUT2D eigenvalue weighted by Gasteiger charge is 2.26. The standard InChI is InChI=1S/C19H17ClF2N2O2/c20-15-6-2-7-16(22)17(15)19(26)24-9-3-8-23(10-11-24)18(25)13-4-1-5-14(21)12-13/h1-2,4-7,12H,3,8-11H2. The molecule has 2 aromatic carbocycles. The average Bonchev–Trinajstić information content (AvgIpc) is 2.87. The lowest BCUT2D eigenvalue weighted by Gasteiger charge is -2.23. The van der Waals surface area contributed by atoms with E-state index in [0.717, 1.165) is 0 Å². The molecule has 0 radical (unpaired) electrons. The molecule has 1 heterocycles. The Balaban J connectivity index is 1.72. The molecule has 4 nitrogen and oxygen atoms in total. The van der Waals surface area contributed by atoms with Crippen LogP contribution in [0.25, 0.3) is 0 Å². The second-order valence-electron chi connectivity index (χ2n) is 6.04. The lowest BCUT2D eigenvalue weighted by molar-refractivity contribution is 0.0716. The van der Waals surface area contributed by atoms with E-state index in [4.69, 9.17) is 11.6 Å². The Morgan fingerprint density at radius 1 is 0.885 bits per heavy atom. The molecule has 2 amide bonds. The van der Waals surface area contributed by atoms with Gasteiger partial charge in [0.1, 0.15) is 11.6 Å². The summed E-state index contributed by atoms with van der Waals surface area (Å²) in [4.78, 5) is 28.2. The number of carbonyl (C=O) groups is 2. The molecule has 0 atom stereocenters. The number of amides is 2. The van der Waals surface area contributed by atoms with E-state index >= 15 is 0 Å². The van der Waals surface area contributed by atoms with Crippen LogP contribution in [0.15, 0.2) is 42.5 Å². The summed E-state index contributed by atoms with van der Waals surface area (Å²) in [5, 5.41) is 0.0620. The molecule has 0 unspecified atom stereocenters. The van der Waals surface area contributed by atoms with E-state index in [-0.39, 0.29) is 35.1 Å². The minimum Gasteiger partial charge on any atom is -0.337 e. The fraction of sp³-hybridized carbons (Fsp3) is 0.263. The van der Waals surface area contributed by atoms with Crippen molar-refractivity contribution >= 4 is 23.4 Å². The molecule has 1 saturated heterocycles. The normalized spacial score (nSPS) is 14.9. The zero-order valence-electron chi connectivity index (χ0n) is 13.9. The summed E-state index contributed by atoms with van der Waals surface area (Å²) in [7, 11) is 0. The van der Waals surface area contributed by atoms with Gasteiger partial charge in [-0.2, -0.15) is 0 Å². The van der Waals surface area contributed by atoms with Crippen LogP contribution in [0, 0.1) is 11.6 Å². The molecule has 1 fully saturated rings. The fourth-order valence-corrected chi connectivity index (χ4v) is 3.23. The van der Waals surface area contributed by atoms with Crippen LogP contribution in [0.1, 0.15) is 27.1 Å². The quantitative estimate of drug-likeness (QED) is 0.801. The predicted octanol–water partition coefficient (Wildman–Crippen LogP) is 3.61. The van der Waals surface area contributed by atoms with Gasteiger partial charge in [-0.1, -0.05) is 23.7 Å². The summed E-state index contributed by atoms with van der Waals surface area (Å²) in [6.45, 7) is 1.36. The number of nitrogens with zero attached hydrogens (tertiary/aromatic N) is 2. The van der Waals surface area contributed by atoms with Crippen LogP contribution in [0.3, 0.4) is 0 Å². The summed E-state index contributed by atoms with van der Waals surface area (Å²) >= 11 is 5.97. The minimum atomic E-state index is -0.667. The molecule has 0 spiro atoms. The summed E-state index contributed by atoms with van der Waals surface area (Å²) in [5.74, 6) is -1.92. The molecule has 0 aliphatic carbocycles. The largest absolute Gasteiger partial charge is 0.337 e. The molecule has 0 N–H and O–H groups in total. The van der Waals surface area contributed by atoms with Crippen LogP contribution >= 0.6 is 11.6 Å². The Hall–Kier alpha value is -2.47. The van der Waals surface area contributed by atoms with Crippen LogP contribution < -0.4 is 0 Å². The number of rotatable bonds is 2. The van der Waals surface area contributed by atoms with E-state index in [1.54, 1.807) is 11.0 Å². The van der Waals surface area contributed by atoms with Crippen molar-refractivity contribution in [2.45, 2.75) is 6.42 Å². The van der Waals surface area contributed by atoms with E-state index in [2.05, 4.69) is 0 Å². The first-order valence-electron chi connectivity index (χ1n) is 8.25. The number of benzene rings is 2. The predicted molar refractivity (Wildman–Crippen MR) is 94.2 cm³/mol. The first kappa shape index (κ1) is 18.3. The van der Waals surface area contributed by atoms with Crippen LogP contribution in [0.2, 0.25) is 5.02 Å². The molecule has 3 rings (SSSR count). The van der Waals surface area contributed by atoms with Crippen molar-refractivity contribution in [1.29, 1.82) is 0 Å². The maximum Gasteiger partial charge on any atom is 0.258 e. The molecule has 1 aliphatic heterocycles. The third-order valence-electron chi connectivity index (χ3n) is 4.32. The Morgan fingerprint density at radius 2 is 1.54 bits per heavy atom. The summed E-state index contributed by atoms with van der Waals surface area (Å²) in [6.07, 6.45) is 0.541. The third kappa shape index (κ3) is 3.85. The Labute approximate surface area is 155 Å². The van der Waals surface area contributed by atoms with Crippen LogP contribution in [-0.2, 0) is 0 Å². The maximum atomic E-state index is 14.0. The number of carbonyl (C=O) groups excluding carboxylic acids is 2. The minimum absolute atomic E-state index is 0.0620. The van der Waals surface area contributed by atoms with E-state index in [1.165, 1.54) is 41.3 Å². The van der Waals surface area contributed by atoms with Crippen molar-refractivity contribution in [3.63, 3.8) is 0 Å². The van der Waals surface area contributed by atoms with E-state index < -0.39 is 17.5 Å². The van der Waals surface area contributed by atoms with Gasteiger partial charge in [0.05, 0.1) is 10.6 Å². The van der Waals surface area contributed by atoms with Crippen LogP contribution in [-0.4, -0.2) is 47.8 Å². The number of hydrogen-bond acceptors (Lipinski definition) is 2. The van der Waals surface area contributed by atoms with Crippen molar-refractivity contribution in [2.75, 3.05) is 26.2 Å². The summed E-state index contributed by atoms with van der Waals surface area (Å²) < 4.78 is 27.3. The van der Waals surface area contributed by atoms with Crippen molar-refractivity contribution in [3.05, 3.63) is 70.2 Å². The Kier molecular flexibility index (Phi) is 5.52. The second kappa shape index (κ2) is 7.83. The molecule has 0 saturated carbocycles. The topological polar surface area (TPSA) is 40.6 Å². The highest BCUT2D eigenvalue weighted by atomic mass is 35.5. The van der Waals surface area contributed by atoms with Gasteiger partial charge in [-0.25, -0.2) is 8.78 Å². The Bertz CT molecular complexity index is 824. The lowest BCUT2D eigenvalue weighted by Crippen LogP contribution is -2.37. The van der Waals surface area contributed by atoms with Crippen molar-refractivity contribution in [2.24, 2.45) is 0 Å². The SMILES string of the molecule is O=C(c1cccc(F)c1)N1CCCN(C(=O)c2c(F)cccc2Cl)CC1. The first-order chi connectivity index (χ1) is 12.5. The molecule has 0 bridgehead atoms. The number of hydrogen-bond donors (Lipinski definition) is 0. The lowest BCUT2D eigenvalue weighted by atomic mass is 10.1. The van der Waals surface area contributed by atoms with Gasteiger partial charge in [0, 0.05) is 31.7 Å². The molecule has 7 heteroatoms. The zero-order chi connectivity index (χ0) is 18.7. The molecule has 2 aromatic rings. The van der Waals surface area contributed by atoms with Crippen molar-refractivity contribution < 1.29 is 18.4 Å². The van der Waals surface area contributed by atoms with Gasteiger partial charge in [0.25, 0.3) is 11.8 Å². The smallest absolute Gasteiger partial charge is 0.258 e. The molecular formula is C19H17ClF2N2O2. The second-order valence-corrected chi connectivity index (χ2v) is 6.45. The van der Waals surface area contributed by atoms with Gasteiger partial charge in [0.2, 0.25) is 0 Å².